The summed E-state index contributed by atoms with van der Waals surface area (Å²) in [6.45, 7) is 15.0. The van der Waals surface area contributed by atoms with Gasteiger partial charge in [0.1, 0.15) is 0 Å². The van der Waals surface area contributed by atoms with Crippen LogP contribution >= 0.6 is 0 Å². The van der Waals surface area contributed by atoms with Crippen LogP contribution in [0.4, 0.5) is 0 Å². The van der Waals surface area contributed by atoms with Crippen LogP contribution in [-0.4, -0.2) is 18.8 Å². The lowest BCUT2D eigenvalue weighted by Crippen LogP contribution is -2.38. The number of benzene rings is 1. The normalized spacial score (nSPS) is 12.8. The molecule has 2 rings (SSSR count). The van der Waals surface area contributed by atoms with Gasteiger partial charge in [-0.1, -0.05) is 72.3 Å². The third-order valence-electron chi connectivity index (χ3n) is 3.80. The van der Waals surface area contributed by atoms with Crippen LogP contribution in [0, 0.1) is 5.92 Å². The predicted octanol–water partition coefficient (Wildman–Crippen LogP) is 6.39. The van der Waals surface area contributed by atoms with E-state index in [1.807, 2.05) is 52.0 Å². The molecule has 0 aromatic heterocycles. The van der Waals surface area contributed by atoms with Gasteiger partial charge in [0.2, 0.25) is 6.79 Å². The lowest BCUT2D eigenvalue weighted by Gasteiger charge is -2.19. The topological polar surface area (TPSA) is 56.8 Å². The summed E-state index contributed by atoms with van der Waals surface area (Å²) in [7, 11) is 0. The van der Waals surface area contributed by atoms with E-state index in [0.29, 0.717) is 12.3 Å². The van der Waals surface area contributed by atoms with Gasteiger partial charge in [0.25, 0.3) is 5.91 Å². The molecule has 5 heteroatoms. The first-order valence-electron chi connectivity index (χ1n) is 11.0. The van der Waals surface area contributed by atoms with Crippen molar-refractivity contribution >= 4 is 5.91 Å². The molecule has 0 saturated heterocycles. The van der Waals surface area contributed by atoms with Crippen LogP contribution in [0.3, 0.4) is 0 Å². The minimum atomic E-state index is -0.489. The average Bonchev–Trinajstić information content (AvgIpc) is 3.19. The number of carbonyl (C=O) groups is 1. The summed E-state index contributed by atoms with van der Waals surface area (Å²) in [5.41, 5.74) is 0.962. The van der Waals surface area contributed by atoms with Crippen LogP contribution in [0.15, 0.2) is 42.7 Å². The van der Waals surface area contributed by atoms with Crippen molar-refractivity contribution in [3.63, 3.8) is 0 Å². The number of carbonyl (C=O) groups excluding carboxylic acids is 1. The SMILES string of the molecule is C/C=C\CC.CC/C=C/OC(C(=O)NCc1ccc2c(c1)OCO2)C(C)C.CCC. The van der Waals surface area contributed by atoms with Gasteiger partial charge in [0.05, 0.1) is 6.26 Å². The second kappa shape index (κ2) is 17.4. The van der Waals surface area contributed by atoms with Crippen LogP contribution in [0.2, 0.25) is 0 Å². The standard InChI is InChI=1S/C17H23NO4.C5H10.C3H8/c1-4-5-8-20-16(12(2)3)17(19)18-10-13-6-7-14-15(9-13)22-11-21-14;1-3-5-4-2;1-3-2/h5-9,12,16H,4,10-11H2,1-3H3,(H,18,19);3,5H,4H2,1-2H3;3H2,1-2H3/b8-5+;5-3-;. The molecule has 0 fully saturated rings. The van der Waals surface area contributed by atoms with Gasteiger partial charge in [-0.25, -0.2) is 0 Å². The average molecular weight is 420 g/mol. The van der Waals surface area contributed by atoms with E-state index in [1.54, 1.807) is 6.26 Å². The molecule has 5 nitrogen and oxygen atoms in total. The fourth-order valence-corrected chi connectivity index (χ4v) is 2.33. The van der Waals surface area contributed by atoms with Gasteiger partial charge >= 0.3 is 0 Å². The number of fused-ring (bicyclic) bond motifs is 1. The maximum atomic E-state index is 12.3. The zero-order valence-corrected chi connectivity index (χ0v) is 19.9. The van der Waals surface area contributed by atoms with Crippen LogP contribution in [0.25, 0.3) is 0 Å². The molecular formula is C25H41NO4. The van der Waals surface area contributed by atoms with E-state index >= 15 is 0 Å². The Balaban J connectivity index is 0.000000902. The van der Waals surface area contributed by atoms with Gasteiger partial charge in [-0.2, -0.15) is 0 Å². The Hall–Kier alpha value is -2.43. The Morgan fingerprint density at radius 2 is 1.73 bits per heavy atom. The highest BCUT2D eigenvalue weighted by Crippen LogP contribution is 2.32. The van der Waals surface area contributed by atoms with E-state index in [1.165, 1.54) is 6.42 Å². The highest BCUT2D eigenvalue weighted by molar-refractivity contribution is 5.81. The second-order valence-corrected chi connectivity index (χ2v) is 7.17. The molecular weight excluding hydrogens is 378 g/mol. The zero-order chi connectivity index (χ0) is 22.8. The Kier molecular flexibility index (Phi) is 16.0. The molecule has 0 radical (unpaired) electrons. The van der Waals surface area contributed by atoms with Gasteiger partial charge in [-0.3, -0.25) is 4.79 Å². The summed E-state index contributed by atoms with van der Waals surface area (Å²) in [6.07, 6.45) is 10.5. The van der Waals surface area contributed by atoms with E-state index in [2.05, 4.69) is 38.2 Å². The Morgan fingerprint density at radius 1 is 1.10 bits per heavy atom. The lowest BCUT2D eigenvalue weighted by atomic mass is 10.1. The van der Waals surface area contributed by atoms with Crippen molar-refractivity contribution in [2.45, 2.75) is 80.4 Å². The van der Waals surface area contributed by atoms with Gasteiger partial charge in [0.15, 0.2) is 17.6 Å². The fraction of sp³-hybridized carbons (Fsp3) is 0.560. The van der Waals surface area contributed by atoms with Crippen LogP contribution in [0.5, 0.6) is 11.5 Å². The fourth-order valence-electron chi connectivity index (χ4n) is 2.33. The number of hydrogen-bond acceptors (Lipinski definition) is 4. The Bertz CT molecular complexity index is 638. The second-order valence-electron chi connectivity index (χ2n) is 7.17. The maximum Gasteiger partial charge on any atom is 0.261 e. The molecule has 1 N–H and O–H groups in total. The summed E-state index contributed by atoms with van der Waals surface area (Å²) in [5.74, 6) is 1.43. The van der Waals surface area contributed by atoms with Crippen molar-refractivity contribution in [1.82, 2.24) is 5.32 Å². The summed E-state index contributed by atoms with van der Waals surface area (Å²) >= 11 is 0. The van der Waals surface area contributed by atoms with Crippen LogP contribution in [-0.2, 0) is 16.1 Å². The minimum Gasteiger partial charge on any atom is -0.488 e. The first kappa shape index (κ1) is 27.6. The molecule has 0 spiro atoms. The molecule has 0 bridgehead atoms. The first-order chi connectivity index (χ1) is 14.4. The largest absolute Gasteiger partial charge is 0.488 e. The van der Waals surface area contributed by atoms with Gasteiger partial charge in [-0.15, -0.1) is 0 Å². The molecule has 1 aromatic carbocycles. The summed E-state index contributed by atoms with van der Waals surface area (Å²) in [6, 6.07) is 5.64. The lowest BCUT2D eigenvalue weighted by molar-refractivity contribution is -0.132. The molecule has 1 aliphatic heterocycles. The van der Waals surface area contributed by atoms with Crippen molar-refractivity contribution in [2.75, 3.05) is 6.79 Å². The number of nitrogens with one attached hydrogen (secondary N) is 1. The third-order valence-corrected chi connectivity index (χ3v) is 3.80. The van der Waals surface area contributed by atoms with Crippen molar-refractivity contribution in [1.29, 1.82) is 0 Å². The summed E-state index contributed by atoms with van der Waals surface area (Å²) in [4.78, 5) is 12.3. The molecule has 1 aliphatic rings. The van der Waals surface area contributed by atoms with Gasteiger partial charge in [0, 0.05) is 6.54 Å². The Labute approximate surface area is 183 Å². The molecule has 1 unspecified atom stereocenters. The van der Waals surface area contributed by atoms with Crippen LogP contribution in [0.1, 0.15) is 73.3 Å². The minimum absolute atomic E-state index is 0.0956. The van der Waals surface area contributed by atoms with Crippen molar-refractivity contribution in [2.24, 2.45) is 5.92 Å². The van der Waals surface area contributed by atoms with E-state index in [9.17, 15) is 4.79 Å². The van der Waals surface area contributed by atoms with E-state index in [-0.39, 0.29) is 18.6 Å². The van der Waals surface area contributed by atoms with Gasteiger partial charge in [-0.05, 0) is 43.4 Å². The zero-order valence-electron chi connectivity index (χ0n) is 19.9. The molecule has 1 heterocycles. The number of allylic oxidation sites excluding steroid dienone is 3. The summed E-state index contributed by atoms with van der Waals surface area (Å²) in [5, 5.41) is 2.90. The number of rotatable bonds is 8. The van der Waals surface area contributed by atoms with E-state index < -0.39 is 6.10 Å². The smallest absolute Gasteiger partial charge is 0.261 e. The highest BCUT2D eigenvalue weighted by Gasteiger charge is 2.22. The molecule has 0 aliphatic carbocycles. The molecule has 1 amide bonds. The molecule has 0 saturated carbocycles. The van der Waals surface area contributed by atoms with Gasteiger partial charge < -0.3 is 19.5 Å². The predicted molar refractivity (Wildman–Crippen MR) is 125 cm³/mol. The van der Waals surface area contributed by atoms with Crippen molar-refractivity contribution in [3.05, 3.63) is 48.3 Å². The molecule has 1 atom stereocenters. The number of ether oxygens (including phenoxy) is 3. The van der Waals surface area contributed by atoms with E-state index in [4.69, 9.17) is 14.2 Å². The van der Waals surface area contributed by atoms with E-state index in [0.717, 1.165) is 24.2 Å². The van der Waals surface area contributed by atoms with Crippen molar-refractivity contribution < 1.29 is 19.0 Å². The summed E-state index contributed by atoms with van der Waals surface area (Å²) < 4.78 is 16.1. The Morgan fingerprint density at radius 3 is 2.27 bits per heavy atom. The quantitative estimate of drug-likeness (QED) is 0.392. The molecule has 170 valence electrons. The first-order valence-corrected chi connectivity index (χ1v) is 11.0. The maximum absolute atomic E-state index is 12.3. The molecule has 1 aromatic rings. The monoisotopic (exact) mass is 419 g/mol. The highest BCUT2D eigenvalue weighted by atomic mass is 16.7. The number of hydrogen-bond donors (Lipinski definition) is 1. The van der Waals surface area contributed by atoms with Crippen LogP contribution < -0.4 is 14.8 Å². The van der Waals surface area contributed by atoms with Crippen molar-refractivity contribution in [3.8, 4) is 11.5 Å². The molecule has 30 heavy (non-hydrogen) atoms. The third kappa shape index (κ3) is 11.5. The number of amides is 1.